The van der Waals surface area contributed by atoms with Crippen LogP contribution >= 0.6 is 0 Å². The fraction of sp³-hybridized carbons (Fsp3) is 0.143. The number of H-pyrrole nitrogens is 1. The van der Waals surface area contributed by atoms with Crippen molar-refractivity contribution < 1.29 is 9.53 Å². The smallest absolute Gasteiger partial charge is 0.261 e. The van der Waals surface area contributed by atoms with Gasteiger partial charge in [0.2, 0.25) is 0 Å². The van der Waals surface area contributed by atoms with Gasteiger partial charge in [-0.25, -0.2) is 0 Å². The summed E-state index contributed by atoms with van der Waals surface area (Å²) in [5.41, 5.74) is 6.91. The number of hydrogen-bond donors (Lipinski definition) is 2. The van der Waals surface area contributed by atoms with Crippen LogP contribution in [-0.4, -0.2) is 18.0 Å². The third-order valence-corrected chi connectivity index (χ3v) is 2.88. The lowest BCUT2D eigenvalue weighted by Gasteiger charge is -2.09. The number of pyridine rings is 1. The van der Waals surface area contributed by atoms with Crippen LogP contribution in [-0.2, 0) is 0 Å². The van der Waals surface area contributed by atoms with Gasteiger partial charge in [-0.2, -0.15) is 0 Å². The topological polar surface area (TPSA) is 85.2 Å². The lowest BCUT2D eigenvalue weighted by molar-refractivity contribution is 0.0999. The van der Waals surface area contributed by atoms with E-state index in [0.29, 0.717) is 11.4 Å². The Bertz CT molecular complexity index is 689. The summed E-state index contributed by atoms with van der Waals surface area (Å²) in [6, 6.07) is 8.85. The number of hydrogen-bond acceptors (Lipinski definition) is 3. The minimum absolute atomic E-state index is 0.0524. The van der Waals surface area contributed by atoms with Gasteiger partial charge >= 0.3 is 0 Å². The number of aromatic amines is 1. The molecule has 0 bridgehead atoms. The highest BCUT2D eigenvalue weighted by molar-refractivity contribution is 5.93. The van der Waals surface area contributed by atoms with Crippen LogP contribution in [0.4, 0.5) is 0 Å². The Hall–Kier alpha value is -2.56. The quantitative estimate of drug-likeness (QED) is 0.873. The van der Waals surface area contributed by atoms with Gasteiger partial charge in [-0.1, -0.05) is 12.1 Å². The van der Waals surface area contributed by atoms with E-state index in [1.807, 2.05) is 24.3 Å². The molecule has 1 aromatic carbocycles. The van der Waals surface area contributed by atoms with Crippen molar-refractivity contribution in [2.75, 3.05) is 7.11 Å². The van der Waals surface area contributed by atoms with Gasteiger partial charge in [0.15, 0.2) is 0 Å². The van der Waals surface area contributed by atoms with Crippen molar-refractivity contribution in [2.45, 2.75) is 6.92 Å². The first-order valence-corrected chi connectivity index (χ1v) is 5.71. The molecule has 19 heavy (non-hydrogen) atoms. The highest BCUT2D eigenvalue weighted by atomic mass is 16.5. The van der Waals surface area contributed by atoms with Crippen molar-refractivity contribution in [2.24, 2.45) is 5.73 Å². The van der Waals surface area contributed by atoms with Gasteiger partial charge in [-0.05, 0) is 30.7 Å². The molecular formula is C14H14N2O3. The second kappa shape index (κ2) is 4.97. The number of nitrogens with one attached hydrogen (secondary N) is 1. The largest absolute Gasteiger partial charge is 0.497 e. The lowest BCUT2D eigenvalue weighted by Crippen LogP contribution is -2.24. The molecule has 2 rings (SSSR count). The molecule has 1 amide bonds. The normalized spacial score (nSPS) is 10.2. The fourth-order valence-corrected chi connectivity index (χ4v) is 1.90. The Morgan fingerprint density at radius 3 is 2.68 bits per heavy atom. The number of nitrogens with two attached hydrogens (primary N) is 1. The molecule has 5 heteroatoms. The van der Waals surface area contributed by atoms with E-state index in [4.69, 9.17) is 10.5 Å². The van der Waals surface area contributed by atoms with Crippen LogP contribution < -0.4 is 16.0 Å². The van der Waals surface area contributed by atoms with E-state index in [1.165, 1.54) is 6.07 Å². The number of carbonyl (C=O) groups is 1. The zero-order valence-electron chi connectivity index (χ0n) is 10.7. The van der Waals surface area contributed by atoms with Crippen LogP contribution in [0.2, 0.25) is 0 Å². The fourth-order valence-electron chi connectivity index (χ4n) is 1.90. The average Bonchev–Trinajstić information content (AvgIpc) is 2.38. The number of primary amides is 1. The summed E-state index contributed by atoms with van der Waals surface area (Å²) in [6.07, 6.45) is 0. The number of ether oxygens (including phenoxy) is 1. The summed E-state index contributed by atoms with van der Waals surface area (Å²) in [5, 5.41) is 0. The summed E-state index contributed by atoms with van der Waals surface area (Å²) in [7, 11) is 1.58. The van der Waals surface area contributed by atoms with E-state index in [1.54, 1.807) is 14.0 Å². The molecule has 0 saturated heterocycles. The number of carbonyl (C=O) groups excluding carboxylic acids is 1. The van der Waals surface area contributed by atoms with Crippen molar-refractivity contribution in [1.29, 1.82) is 0 Å². The highest BCUT2D eigenvalue weighted by Crippen LogP contribution is 2.25. The molecule has 0 aliphatic rings. The molecule has 0 aliphatic heterocycles. The number of rotatable bonds is 3. The third kappa shape index (κ3) is 2.49. The Labute approximate surface area is 110 Å². The van der Waals surface area contributed by atoms with Gasteiger partial charge in [0.25, 0.3) is 11.5 Å². The predicted molar refractivity (Wildman–Crippen MR) is 72.3 cm³/mol. The average molecular weight is 258 g/mol. The Kier molecular flexibility index (Phi) is 3.37. The zero-order chi connectivity index (χ0) is 14.0. The zero-order valence-corrected chi connectivity index (χ0v) is 10.7. The first kappa shape index (κ1) is 12.9. The summed E-state index contributed by atoms with van der Waals surface area (Å²) in [4.78, 5) is 25.5. The molecule has 3 N–H and O–H groups in total. The van der Waals surface area contributed by atoms with E-state index in [-0.39, 0.29) is 5.56 Å². The maximum Gasteiger partial charge on any atom is 0.261 e. The molecule has 0 aliphatic carbocycles. The molecular weight excluding hydrogens is 244 g/mol. The maximum atomic E-state index is 11.6. The molecule has 0 radical (unpaired) electrons. The number of methoxy groups -OCH3 is 1. The minimum atomic E-state index is -0.745. The molecule has 1 aromatic heterocycles. The van der Waals surface area contributed by atoms with E-state index in [0.717, 1.165) is 11.1 Å². The van der Waals surface area contributed by atoms with Crippen LogP contribution in [0, 0.1) is 6.92 Å². The number of benzene rings is 1. The van der Waals surface area contributed by atoms with Crippen molar-refractivity contribution in [1.82, 2.24) is 4.98 Å². The second-order valence-electron chi connectivity index (χ2n) is 4.15. The lowest BCUT2D eigenvalue weighted by atomic mass is 10.0. The molecule has 0 atom stereocenters. The minimum Gasteiger partial charge on any atom is -0.497 e. The van der Waals surface area contributed by atoms with Crippen LogP contribution in [0.25, 0.3) is 11.1 Å². The number of amides is 1. The van der Waals surface area contributed by atoms with E-state index in [9.17, 15) is 9.59 Å². The van der Waals surface area contributed by atoms with Crippen LogP contribution in [0.5, 0.6) is 5.75 Å². The standard InChI is InChI=1S/C14H14N2O3/c1-8-11(7-12(13(15)17)14(18)16-8)9-4-3-5-10(6-9)19-2/h3-7H,1-2H3,(H2,15,17)(H,16,18). The Balaban J connectivity index is 2.64. The molecule has 0 unspecified atom stereocenters. The summed E-state index contributed by atoms with van der Waals surface area (Å²) < 4.78 is 5.15. The van der Waals surface area contributed by atoms with Crippen LogP contribution in [0.3, 0.4) is 0 Å². The molecule has 0 spiro atoms. The van der Waals surface area contributed by atoms with Crippen molar-refractivity contribution in [3.8, 4) is 16.9 Å². The number of aromatic nitrogens is 1. The monoisotopic (exact) mass is 258 g/mol. The molecule has 2 aromatic rings. The van der Waals surface area contributed by atoms with Crippen molar-refractivity contribution >= 4 is 5.91 Å². The second-order valence-corrected chi connectivity index (χ2v) is 4.15. The van der Waals surface area contributed by atoms with Gasteiger partial charge in [0.1, 0.15) is 11.3 Å². The van der Waals surface area contributed by atoms with Crippen molar-refractivity contribution in [3.63, 3.8) is 0 Å². The van der Waals surface area contributed by atoms with Gasteiger partial charge in [0, 0.05) is 11.3 Å². The maximum absolute atomic E-state index is 11.6. The molecule has 1 heterocycles. The van der Waals surface area contributed by atoms with E-state index >= 15 is 0 Å². The molecule has 98 valence electrons. The van der Waals surface area contributed by atoms with Crippen LogP contribution in [0.1, 0.15) is 16.1 Å². The molecule has 5 nitrogen and oxygen atoms in total. The first-order chi connectivity index (χ1) is 9.02. The summed E-state index contributed by atoms with van der Waals surface area (Å²) in [5.74, 6) is -0.0471. The van der Waals surface area contributed by atoms with E-state index in [2.05, 4.69) is 4.98 Å². The number of aryl methyl sites for hydroxylation is 1. The SMILES string of the molecule is COc1cccc(-c2cc(C(N)=O)c(=O)[nH]c2C)c1. The highest BCUT2D eigenvalue weighted by Gasteiger charge is 2.12. The predicted octanol–water partition coefficient (Wildman–Crippen LogP) is 1.46. The Morgan fingerprint density at radius 1 is 1.32 bits per heavy atom. The Morgan fingerprint density at radius 2 is 2.05 bits per heavy atom. The summed E-state index contributed by atoms with van der Waals surface area (Å²) in [6.45, 7) is 1.76. The van der Waals surface area contributed by atoms with Gasteiger partial charge in [-0.15, -0.1) is 0 Å². The molecule has 0 saturated carbocycles. The third-order valence-electron chi connectivity index (χ3n) is 2.88. The first-order valence-electron chi connectivity index (χ1n) is 5.71. The van der Waals surface area contributed by atoms with Crippen LogP contribution in [0.15, 0.2) is 35.1 Å². The van der Waals surface area contributed by atoms with Gasteiger partial charge < -0.3 is 15.5 Å². The van der Waals surface area contributed by atoms with Gasteiger partial charge in [-0.3, -0.25) is 9.59 Å². The van der Waals surface area contributed by atoms with E-state index < -0.39 is 11.5 Å². The van der Waals surface area contributed by atoms with Crippen molar-refractivity contribution in [3.05, 3.63) is 51.9 Å². The van der Waals surface area contributed by atoms with Gasteiger partial charge in [0.05, 0.1) is 7.11 Å². The molecule has 0 fully saturated rings. The summed E-state index contributed by atoms with van der Waals surface area (Å²) >= 11 is 0.